The number of rotatable bonds is 4. The molecule has 1 unspecified atom stereocenters. The lowest BCUT2D eigenvalue weighted by atomic mass is 10.1. The number of nitriles is 1. The van der Waals surface area contributed by atoms with Crippen LogP contribution in [0.5, 0.6) is 0 Å². The summed E-state index contributed by atoms with van der Waals surface area (Å²) in [5, 5.41) is 12.2. The van der Waals surface area contributed by atoms with Crippen molar-refractivity contribution in [3.05, 3.63) is 29.8 Å². The molecule has 4 nitrogen and oxygen atoms in total. The highest BCUT2D eigenvalue weighted by Crippen LogP contribution is 2.20. The van der Waals surface area contributed by atoms with Gasteiger partial charge in [0.2, 0.25) is 0 Å². The maximum Gasteiger partial charge on any atom is 0.0992 e. The molecule has 0 amide bonds. The third-order valence-corrected chi connectivity index (χ3v) is 3.85. The normalized spacial score (nSPS) is 20.3. The van der Waals surface area contributed by atoms with Crippen LogP contribution >= 0.6 is 0 Å². The third kappa shape index (κ3) is 3.46. The molecule has 1 aromatic rings. The SMILES string of the molecule is CNCCC1CN(c2cccc(C#N)c2)CCN1C. The molecule has 1 aliphatic rings. The van der Waals surface area contributed by atoms with Crippen molar-refractivity contribution in [1.82, 2.24) is 10.2 Å². The number of piperazine rings is 1. The van der Waals surface area contributed by atoms with Gasteiger partial charge in [-0.15, -0.1) is 0 Å². The number of benzene rings is 1. The van der Waals surface area contributed by atoms with Gasteiger partial charge in [0.15, 0.2) is 0 Å². The van der Waals surface area contributed by atoms with Crippen LogP contribution in [0.1, 0.15) is 12.0 Å². The van der Waals surface area contributed by atoms with Gasteiger partial charge in [-0.3, -0.25) is 4.90 Å². The second-order valence-electron chi connectivity index (χ2n) is 5.13. The van der Waals surface area contributed by atoms with Crippen LogP contribution in [0.25, 0.3) is 0 Å². The molecule has 4 heteroatoms. The number of nitrogens with one attached hydrogen (secondary N) is 1. The van der Waals surface area contributed by atoms with Gasteiger partial charge in [0.25, 0.3) is 0 Å². The van der Waals surface area contributed by atoms with Gasteiger partial charge in [-0.1, -0.05) is 6.07 Å². The second kappa shape index (κ2) is 6.55. The van der Waals surface area contributed by atoms with Crippen molar-refractivity contribution in [2.75, 3.05) is 45.2 Å². The minimum absolute atomic E-state index is 0.576. The predicted octanol–water partition coefficient (Wildman–Crippen LogP) is 1.29. The number of anilines is 1. The highest BCUT2D eigenvalue weighted by atomic mass is 15.3. The molecule has 1 aromatic carbocycles. The molecule has 1 N–H and O–H groups in total. The topological polar surface area (TPSA) is 42.3 Å². The minimum atomic E-state index is 0.576. The van der Waals surface area contributed by atoms with Crippen LogP contribution in [-0.4, -0.2) is 51.2 Å². The van der Waals surface area contributed by atoms with E-state index in [1.807, 2.05) is 25.2 Å². The van der Waals surface area contributed by atoms with Crippen molar-refractivity contribution in [3.8, 4) is 6.07 Å². The summed E-state index contributed by atoms with van der Waals surface area (Å²) in [6.07, 6.45) is 1.15. The zero-order chi connectivity index (χ0) is 13.7. The molecule has 1 heterocycles. The molecule has 1 atom stereocenters. The number of hydrogen-bond acceptors (Lipinski definition) is 4. The lowest BCUT2D eigenvalue weighted by Gasteiger charge is -2.40. The summed E-state index contributed by atoms with van der Waals surface area (Å²) >= 11 is 0. The smallest absolute Gasteiger partial charge is 0.0992 e. The summed E-state index contributed by atoms with van der Waals surface area (Å²) in [6, 6.07) is 10.7. The number of likely N-dealkylation sites (N-methyl/N-ethyl adjacent to an activating group) is 1. The van der Waals surface area contributed by atoms with Crippen LogP contribution in [0, 0.1) is 11.3 Å². The van der Waals surface area contributed by atoms with Gasteiger partial charge in [-0.2, -0.15) is 5.26 Å². The van der Waals surface area contributed by atoms with Gasteiger partial charge in [-0.25, -0.2) is 0 Å². The highest BCUT2D eigenvalue weighted by molar-refractivity contribution is 5.52. The van der Waals surface area contributed by atoms with E-state index in [-0.39, 0.29) is 0 Å². The first-order valence-corrected chi connectivity index (χ1v) is 6.84. The van der Waals surface area contributed by atoms with Crippen LogP contribution in [0.2, 0.25) is 0 Å². The minimum Gasteiger partial charge on any atom is -0.369 e. The van der Waals surface area contributed by atoms with Crippen LogP contribution in [0.4, 0.5) is 5.69 Å². The predicted molar refractivity (Wildman–Crippen MR) is 78.3 cm³/mol. The fourth-order valence-electron chi connectivity index (χ4n) is 2.58. The summed E-state index contributed by atoms with van der Waals surface area (Å²) in [7, 11) is 4.19. The molecule has 0 saturated carbocycles. The molecule has 1 saturated heterocycles. The van der Waals surface area contributed by atoms with Gasteiger partial charge >= 0.3 is 0 Å². The van der Waals surface area contributed by atoms with Crippen molar-refractivity contribution in [1.29, 1.82) is 5.26 Å². The average Bonchev–Trinajstić information content (AvgIpc) is 2.46. The highest BCUT2D eigenvalue weighted by Gasteiger charge is 2.23. The molecule has 0 aromatic heterocycles. The Morgan fingerprint density at radius 1 is 1.42 bits per heavy atom. The fraction of sp³-hybridized carbons (Fsp3) is 0.533. The quantitative estimate of drug-likeness (QED) is 0.883. The molecule has 2 rings (SSSR count). The monoisotopic (exact) mass is 258 g/mol. The second-order valence-corrected chi connectivity index (χ2v) is 5.13. The van der Waals surface area contributed by atoms with E-state index in [1.54, 1.807) is 0 Å². The first kappa shape index (κ1) is 13.9. The van der Waals surface area contributed by atoms with Crippen LogP contribution in [0.15, 0.2) is 24.3 Å². The van der Waals surface area contributed by atoms with E-state index in [1.165, 1.54) is 5.69 Å². The number of nitrogens with zero attached hydrogens (tertiary/aromatic N) is 3. The summed E-state index contributed by atoms with van der Waals surface area (Å²) in [4.78, 5) is 4.82. The lowest BCUT2D eigenvalue weighted by Crippen LogP contribution is -2.52. The van der Waals surface area contributed by atoms with Crippen molar-refractivity contribution in [3.63, 3.8) is 0 Å². The molecule has 0 radical (unpaired) electrons. The van der Waals surface area contributed by atoms with Crippen molar-refractivity contribution in [2.24, 2.45) is 0 Å². The average molecular weight is 258 g/mol. The summed E-state index contributed by atoms with van der Waals surface area (Å²) in [5.41, 5.74) is 1.91. The molecule has 1 aliphatic heterocycles. The Labute approximate surface area is 115 Å². The van der Waals surface area contributed by atoms with E-state index in [4.69, 9.17) is 5.26 Å². The van der Waals surface area contributed by atoms with Gasteiger partial charge in [0.1, 0.15) is 0 Å². The third-order valence-electron chi connectivity index (χ3n) is 3.85. The fourth-order valence-corrected chi connectivity index (χ4v) is 2.58. The Morgan fingerprint density at radius 3 is 3.00 bits per heavy atom. The first-order valence-electron chi connectivity index (χ1n) is 6.84. The Balaban J connectivity index is 2.06. The molecule has 0 aliphatic carbocycles. The van der Waals surface area contributed by atoms with E-state index in [9.17, 15) is 0 Å². The van der Waals surface area contributed by atoms with E-state index < -0.39 is 0 Å². The maximum atomic E-state index is 8.99. The molecular formula is C15H22N4. The van der Waals surface area contributed by atoms with Crippen LogP contribution in [0.3, 0.4) is 0 Å². The number of hydrogen-bond donors (Lipinski definition) is 1. The Kier molecular flexibility index (Phi) is 4.78. The summed E-state index contributed by atoms with van der Waals surface area (Å²) < 4.78 is 0. The zero-order valence-corrected chi connectivity index (χ0v) is 11.8. The Hall–Kier alpha value is -1.57. The zero-order valence-electron chi connectivity index (χ0n) is 11.8. The standard InChI is InChI=1S/C15H22N4/c1-17-7-6-15-12-19(9-8-18(15)2)14-5-3-4-13(10-14)11-16/h3-5,10,15,17H,6-9,12H2,1-2H3. The Bertz CT molecular complexity index is 452. The van der Waals surface area contributed by atoms with E-state index in [0.717, 1.165) is 38.2 Å². The van der Waals surface area contributed by atoms with Gasteiger partial charge in [0.05, 0.1) is 11.6 Å². The van der Waals surface area contributed by atoms with Crippen LogP contribution in [-0.2, 0) is 0 Å². The van der Waals surface area contributed by atoms with Crippen molar-refractivity contribution in [2.45, 2.75) is 12.5 Å². The van der Waals surface area contributed by atoms with E-state index in [0.29, 0.717) is 6.04 Å². The largest absolute Gasteiger partial charge is 0.369 e. The van der Waals surface area contributed by atoms with Crippen LogP contribution < -0.4 is 10.2 Å². The summed E-state index contributed by atoms with van der Waals surface area (Å²) in [6.45, 7) is 4.18. The lowest BCUT2D eigenvalue weighted by molar-refractivity contribution is 0.208. The molecule has 0 bridgehead atoms. The molecular weight excluding hydrogens is 236 g/mol. The first-order chi connectivity index (χ1) is 9.24. The van der Waals surface area contributed by atoms with Crippen molar-refractivity contribution >= 4 is 5.69 Å². The van der Waals surface area contributed by atoms with Gasteiger partial charge < -0.3 is 10.2 Å². The molecule has 19 heavy (non-hydrogen) atoms. The van der Waals surface area contributed by atoms with Gasteiger partial charge in [0, 0.05) is 31.4 Å². The maximum absolute atomic E-state index is 8.99. The molecule has 102 valence electrons. The van der Waals surface area contributed by atoms with E-state index >= 15 is 0 Å². The molecule has 1 fully saturated rings. The van der Waals surface area contributed by atoms with E-state index in [2.05, 4.69) is 34.3 Å². The molecule has 0 spiro atoms. The van der Waals surface area contributed by atoms with Crippen molar-refractivity contribution < 1.29 is 0 Å². The van der Waals surface area contributed by atoms with Gasteiger partial charge in [-0.05, 0) is 45.3 Å². The Morgan fingerprint density at radius 2 is 2.26 bits per heavy atom. The summed E-state index contributed by atoms with van der Waals surface area (Å²) in [5.74, 6) is 0.